The molecule has 0 amide bonds. The first-order valence-corrected chi connectivity index (χ1v) is 8.59. The number of carbonyl (C=O) groups excluding carboxylic acids is 1. The maximum atomic E-state index is 13.8. The molecule has 1 unspecified atom stereocenters. The molecule has 0 aliphatic carbocycles. The summed E-state index contributed by atoms with van der Waals surface area (Å²) in [5.74, 6) is 0.0199. The van der Waals surface area contributed by atoms with E-state index in [2.05, 4.69) is 27.7 Å². The van der Waals surface area contributed by atoms with Gasteiger partial charge in [-0.2, -0.15) is 0 Å². The molecule has 1 radical (unpaired) electrons. The Labute approximate surface area is 140 Å². The molecule has 0 spiro atoms. The summed E-state index contributed by atoms with van der Waals surface area (Å²) in [6.45, 7) is 10.3. The van der Waals surface area contributed by atoms with Crippen LogP contribution in [0.1, 0.15) is 58.1 Å². The first kappa shape index (κ1) is 18.0. The Kier molecular flexibility index (Phi) is 5.49. The van der Waals surface area contributed by atoms with E-state index in [0.29, 0.717) is 5.56 Å². The van der Waals surface area contributed by atoms with Gasteiger partial charge in [-0.3, -0.25) is 0 Å². The second-order valence-electron chi connectivity index (χ2n) is 7.58. The van der Waals surface area contributed by atoms with Crippen molar-refractivity contribution in [2.24, 2.45) is 5.92 Å². The van der Waals surface area contributed by atoms with Crippen LogP contribution in [0.3, 0.4) is 0 Å². The van der Waals surface area contributed by atoms with Gasteiger partial charge in [0.25, 0.3) is 0 Å². The summed E-state index contributed by atoms with van der Waals surface area (Å²) in [5.41, 5.74) is 4.07. The minimum absolute atomic E-state index is 0.0593. The highest BCUT2D eigenvalue weighted by Crippen LogP contribution is 2.41. The van der Waals surface area contributed by atoms with Gasteiger partial charge >= 0.3 is 0 Å². The molecule has 0 saturated carbocycles. The third-order valence-corrected chi connectivity index (χ3v) is 4.86. The van der Waals surface area contributed by atoms with Crippen molar-refractivity contribution < 1.29 is 9.18 Å². The van der Waals surface area contributed by atoms with E-state index < -0.39 is 0 Å². The Morgan fingerprint density at radius 3 is 2.61 bits per heavy atom. The molecular weight excluding hydrogens is 286 g/mol. The molecule has 23 heavy (non-hydrogen) atoms. The van der Waals surface area contributed by atoms with Gasteiger partial charge in [0.05, 0.1) is 0 Å². The van der Waals surface area contributed by atoms with Crippen molar-refractivity contribution in [3.8, 4) is 0 Å². The molecule has 1 aliphatic heterocycles. The molecule has 1 nitrogen and oxygen atoms in total. The summed E-state index contributed by atoms with van der Waals surface area (Å²) in [7, 11) is 1.87. The minimum atomic E-state index is -0.161. The van der Waals surface area contributed by atoms with E-state index in [1.165, 1.54) is 11.6 Å². The molecule has 0 bridgehead atoms. The normalized spacial score (nSPS) is 18.8. The highest BCUT2D eigenvalue weighted by molar-refractivity contribution is 6.80. The smallest absolute Gasteiger partial charge is 0.215 e. The number of halogens is 1. The first-order chi connectivity index (χ1) is 10.7. The SMILES string of the molecule is CCCC(Cc1cccc(F)c1C)C1=C(C)CC(C)(C)[B]C1=O. The summed E-state index contributed by atoms with van der Waals surface area (Å²) >= 11 is 0. The molecule has 1 atom stereocenters. The van der Waals surface area contributed by atoms with Crippen molar-refractivity contribution in [1.29, 1.82) is 0 Å². The lowest BCUT2D eigenvalue weighted by atomic mass is 9.44. The standard InChI is InChI=1S/C20H27BFO/c1-6-8-16(11-15-9-7-10-17(22)14(15)3)18-13(2)12-20(4,5)21-19(18)23/h7,9-10,16H,6,8,11-12H2,1-5H3. The zero-order valence-electron chi connectivity index (χ0n) is 15.0. The predicted octanol–water partition coefficient (Wildman–Crippen LogP) is 5.24. The van der Waals surface area contributed by atoms with Crippen LogP contribution in [0.4, 0.5) is 4.39 Å². The second kappa shape index (κ2) is 7.03. The quantitative estimate of drug-likeness (QED) is 0.679. The molecule has 0 saturated heterocycles. The minimum Gasteiger partial charge on any atom is -0.307 e. The van der Waals surface area contributed by atoms with Crippen LogP contribution in [0.15, 0.2) is 29.3 Å². The number of rotatable bonds is 5. The summed E-state index contributed by atoms with van der Waals surface area (Å²) < 4.78 is 13.8. The molecule has 0 fully saturated rings. The highest BCUT2D eigenvalue weighted by Gasteiger charge is 2.35. The van der Waals surface area contributed by atoms with Gasteiger partial charge in [-0.05, 0) is 61.8 Å². The van der Waals surface area contributed by atoms with E-state index in [-0.39, 0.29) is 22.7 Å². The van der Waals surface area contributed by atoms with E-state index in [4.69, 9.17) is 0 Å². The van der Waals surface area contributed by atoms with Crippen LogP contribution < -0.4 is 0 Å². The van der Waals surface area contributed by atoms with Crippen molar-refractivity contribution in [1.82, 2.24) is 0 Å². The largest absolute Gasteiger partial charge is 0.307 e. The van der Waals surface area contributed by atoms with E-state index in [1.54, 1.807) is 6.07 Å². The van der Waals surface area contributed by atoms with Crippen LogP contribution in [-0.4, -0.2) is 13.0 Å². The Hall–Kier alpha value is -1.38. The molecular formula is C20H27BFO. The second-order valence-corrected chi connectivity index (χ2v) is 7.58. The van der Waals surface area contributed by atoms with Gasteiger partial charge in [-0.1, -0.05) is 50.2 Å². The Balaban J connectivity index is 2.35. The Morgan fingerprint density at radius 2 is 2.00 bits per heavy atom. The van der Waals surface area contributed by atoms with Gasteiger partial charge in [0.15, 0.2) is 0 Å². The van der Waals surface area contributed by atoms with E-state index in [9.17, 15) is 9.18 Å². The fourth-order valence-electron chi connectivity index (χ4n) is 3.86. The van der Waals surface area contributed by atoms with E-state index >= 15 is 0 Å². The van der Waals surface area contributed by atoms with Crippen LogP contribution in [0.2, 0.25) is 5.31 Å². The molecule has 1 aromatic carbocycles. The van der Waals surface area contributed by atoms with Gasteiger partial charge in [0.2, 0.25) is 7.28 Å². The van der Waals surface area contributed by atoms with E-state index in [0.717, 1.165) is 36.8 Å². The number of hydrogen-bond acceptors (Lipinski definition) is 1. The third kappa shape index (κ3) is 4.13. The van der Waals surface area contributed by atoms with Crippen molar-refractivity contribution >= 4 is 13.0 Å². The molecule has 0 aromatic heterocycles. The lowest BCUT2D eigenvalue weighted by Gasteiger charge is -2.33. The summed E-state index contributed by atoms with van der Waals surface area (Å²) in [4.78, 5) is 12.7. The lowest BCUT2D eigenvalue weighted by Crippen LogP contribution is -2.33. The molecule has 3 heteroatoms. The fourth-order valence-corrected chi connectivity index (χ4v) is 3.86. The Bertz CT molecular complexity index is 631. The summed E-state index contributed by atoms with van der Waals surface area (Å²) in [5, 5.41) is -0.0593. The molecule has 1 aliphatic rings. The van der Waals surface area contributed by atoms with Crippen molar-refractivity contribution in [3.63, 3.8) is 0 Å². The van der Waals surface area contributed by atoms with Gasteiger partial charge < -0.3 is 4.79 Å². The Morgan fingerprint density at radius 1 is 1.30 bits per heavy atom. The molecule has 2 rings (SSSR count). The average molecular weight is 313 g/mol. The van der Waals surface area contributed by atoms with Crippen molar-refractivity contribution in [3.05, 3.63) is 46.3 Å². The fraction of sp³-hybridized carbons (Fsp3) is 0.550. The summed E-state index contributed by atoms with van der Waals surface area (Å²) in [6.07, 6.45) is 3.65. The van der Waals surface area contributed by atoms with Crippen molar-refractivity contribution in [2.45, 2.75) is 65.6 Å². The molecule has 0 N–H and O–H groups in total. The monoisotopic (exact) mass is 313 g/mol. The third-order valence-electron chi connectivity index (χ3n) is 4.86. The predicted molar refractivity (Wildman–Crippen MR) is 95.4 cm³/mol. The van der Waals surface area contributed by atoms with Gasteiger partial charge in [0, 0.05) is 0 Å². The summed E-state index contributed by atoms with van der Waals surface area (Å²) in [6, 6.07) is 5.25. The number of benzene rings is 1. The number of carbonyl (C=O) groups is 1. The van der Waals surface area contributed by atoms with Gasteiger partial charge in [0.1, 0.15) is 11.5 Å². The van der Waals surface area contributed by atoms with Crippen LogP contribution >= 0.6 is 0 Å². The van der Waals surface area contributed by atoms with Gasteiger partial charge in [-0.25, -0.2) is 4.39 Å². The van der Waals surface area contributed by atoms with Crippen molar-refractivity contribution in [2.75, 3.05) is 0 Å². The maximum absolute atomic E-state index is 13.8. The van der Waals surface area contributed by atoms with Crippen LogP contribution in [0, 0.1) is 18.7 Å². The van der Waals surface area contributed by atoms with Gasteiger partial charge in [-0.15, -0.1) is 0 Å². The van der Waals surface area contributed by atoms with Crippen LogP contribution in [0.25, 0.3) is 0 Å². The van der Waals surface area contributed by atoms with Crippen LogP contribution in [0.5, 0.6) is 0 Å². The molecule has 1 heterocycles. The average Bonchev–Trinajstić information content (AvgIpc) is 2.41. The number of hydrogen-bond donors (Lipinski definition) is 0. The molecule has 1 aromatic rings. The highest BCUT2D eigenvalue weighted by atomic mass is 19.1. The number of allylic oxidation sites excluding steroid dienone is 2. The lowest BCUT2D eigenvalue weighted by molar-refractivity contribution is -0.109. The maximum Gasteiger partial charge on any atom is 0.215 e. The molecule has 123 valence electrons. The van der Waals surface area contributed by atoms with Crippen LogP contribution in [-0.2, 0) is 11.2 Å². The van der Waals surface area contributed by atoms with E-state index in [1.807, 2.05) is 20.3 Å². The zero-order chi connectivity index (χ0) is 17.2. The topological polar surface area (TPSA) is 17.1 Å². The zero-order valence-corrected chi connectivity index (χ0v) is 15.0. The first-order valence-electron chi connectivity index (χ1n) is 8.59.